The lowest BCUT2D eigenvalue weighted by Gasteiger charge is -2.07. The summed E-state index contributed by atoms with van der Waals surface area (Å²) in [6, 6.07) is 14.6. The molecule has 0 aliphatic rings. The number of nitrogens with one attached hydrogen (secondary N) is 1. The third-order valence-electron chi connectivity index (χ3n) is 3.89. The zero-order valence-electron chi connectivity index (χ0n) is 13.5. The maximum Gasteiger partial charge on any atom is 0.257 e. The van der Waals surface area contributed by atoms with E-state index in [-0.39, 0.29) is 18.3 Å². The summed E-state index contributed by atoms with van der Waals surface area (Å²) >= 11 is 0. The normalized spacial score (nSPS) is 10.7. The Hall–Kier alpha value is -2.95. The van der Waals surface area contributed by atoms with Gasteiger partial charge in [-0.15, -0.1) is 0 Å². The van der Waals surface area contributed by atoms with Crippen LogP contribution in [0.15, 0.2) is 54.7 Å². The molecule has 0 saturated carbocycles. The second-order valence-corrected chi connectivity index (χ2v) is 5.67. The van der Waals surface area contributed by atoms with Crippen LogP contribution in [0.4, 0.5) is 0 Å². The van der Waals surface area contributed by atoms with E-state index in [0.29, 0.717) is 18.7 Å². The lowest BCUT2D eigenvalue weighted by Crippen LogP contribution is -2.30. The Bertz CT molecular complexity index is 840. The van der Waals surface area contributed by atoms with Gasteiger partial charge in [-0.1, -0.05) is 18.2 Å². The molecule has 0 atom stereocenters. The van der Waals surface area contributed by atoms with Gasteiger partial charge in [0.1, 0.15) is 11.5 Å². The Morgan fingerprint density at radius 2 is 2.00 bits per heavy atom. The highest BCUT2D eigenvalue weighted by Gasteiger charge is 2.08. The molecule has 0 aliphatic carbocycles. The Morgan fingerprint density at radius 3 is 2.79 bits per heavy atom. The Labute approximate surface area is 140 Å². The number of para-hydroxylation sites is 1. The Balaban J connectivity index is 1.53. The molecular weight excluding hydrogens is 304 g/mol. The molecule has 0 saturated heterocycles. The minimum absolute atomic E-state index is 0.000336. The fraction of sp³-hybridized carbons (Fsp3) is 0.211. The number of aromatic hydroxyl groups is 1. The highest BCUT2D eigenvalue weighted by Crippen LogP contribution is 2.24. The van der Waals surface area contributed by atoms with Crippen LogP contribution in [-0.2, 0) is 18.3 Å². The van der Waals surface area contributed by atoms with Gasteiger partial charge in [0.25, 0.3) is 5.91 Å². The summed E-state index contributed by atoms with van der Waals surface area (Å²) in [5.74, 6) is 0.773. The number of carbonyl (C=O) groups is 1. The molecule has 3 rings (SSSR count). The van der Waals surface area contributed by atoms with Crippen LogP contribution in [0.3, 0.4) is 0 Å². The van der Waals surface area contributed by atoms with Crippen molar-refractivity contribution < 1.29 is 14.6 Å². The van der Waals surface area contributed by atoms with Crippen molar-refractivity contribution in [2.45, 2.75) is 6.42 Å². The number of carbonyl (C=O) groups excluding carboxylic acids is 1. The first-order chi connectivity index (χ1) is 11.6. The van der Waals surface area contributed by atoms with Gasteiger partial charge in [0.05, 0.1) is 0 Å². The lowest BCUT2D eigenvalue weighted by molar-refractivity contribution is -0.123. The predicted molar refractivity (Wildman–Crippen MR) is 93.2 cm³/mol. The van der Waals surface area contributed by atoms with Crippen molar-refractivity contribution in [3.8, 4) is 11.5 Å². The first-order valence-corrected chi connectivity index (χ1v) is 7.85. The smallest absolute Gasteiger partial charge is 0.257 e. The second kappa shape index (κ2) is 7.08. The first-order valence-electron chi connectivity index (χ1n) is 7.85. The van der Waals surface area contributed by atoms with Crippen LogP contribution in [-0.4, -0.2) is 28.7 Å². The molecule has 0 unspecified atom stereocenters. The SMILES string of the molecule is Cn1cc(CCNC(=O)COc2ccccc2)c2cc(O)ccc21. The highest BCUT2D eigenvalue weighted by molar-refractivity contribution is 5.85. The monoisotopic (exact) mass is 324 g/mol. The van der Waals surface area contributed by atoms with E-state index in [1.807, 2.05) is 54.2 Å². The molecule has 5 heteroatoms. The van der Waals surface area contributed by atoms with Crippen molar-refractivity contribution in [3.05, 3.63) is 60.3 Å². The zero-order valence-corrected chi connectivity index (χ0v) is 13.5. The van der Waals surface area contributed by atoms with Crippen molar-refractivity contribution in [3.63, 3.8) is 0 Å². The fourth-order valence-electron chi connectivity index (χ4n) is 2.71. The number of hydrogen-bond donors (Lipinski definition) is 2. The van der Waals surface area contributed by atoms with Gasteiger partial charge in [-0.05, 0) is 42.3 Å². The van der Waals surface area contributed by atoms with Gasteiger partial charge in [0.15, 0.2) is 6.61 Å². The molecule has 124 valence electrons. The summed E-state index contributed by atoms with van der Waals surface area (Å²) < 4.78 is 7.43. The summed E-state index contributed by atoms with van der Waals surface area (Å²) in [5, 5.41) is 13.5. The average molecular weight is 324 g/mol. The van der Waals surface area contributed by atoms with Crippen LogP contribution in [0.5, 0.6) is 11.5 Å². The number of aromatic nitrogens is 1. The van der Waals surface area contributed by atoms with Gasteiger partial charge in [-0.3, -0.25) is 4.79 Å². The number of benzene rings is 2. The number of aryl methyl sites for hydroxylation is 1. The number of amides is 1. The van der Waals surface area contributed by atoms with E-state index in [4.69, 9.17) is 4.74 Å². The molecule has 1 heterocycles. The van der Waals surface area contributed by atoms with E-state index in [9.17, 15) is 9.90 Å². The Kier molecular flexibility index (Phi) is 4.70. The van der Waals surface area contributed by atoms with Gasteiger partial charge in [-0.2, -0.15) is 0 Å². The summed E-state index contributed by atoms with van der Waals surface area (Å²) in [6.07, 6.45) is 2.72. The number of rotatable bonds is 6. The first kappa shape index (κ1) is 15.9. The number of phenols is 1. The number of ether oxygens (including phenoxy) is 1. The third kappa shape index (κ3) is 3.68. The van der Waals surface area contributed by atoms with Gasteiger partial charge < -0.3 is 19.7 Å². The summed E-state index contributed by atoms with van der Waals surface area (Å²) in [5.41, 5.74) is 2.15. The van der Waals surface area contributed by atoms with Crippen molar-refractivity contribution >= 4 is 16.8 Å². The number of hydrogen-bond acceptors (Lipinski definition) is 3. The molecule has 1 aromatic heterocycles. The number of fused-ring (bicyclic) bond motifs is 1. The van der Waals surface area contributed by atoms with Crippen LogP contribution in [0.25, 0.3) is 10.9 Å². The van der Waals surface area contributed by atoms with Crippen molar-refractivity contribution in [1.29, 1.82) is 0 Å². The van der Waals surface area contributed by atoms with E-state index >= 15 is 0 Å². The molecule has 2 aromatic carbocycles. The molecule has 0 aliphatic heterocycles. The number of nitrogens with zero attached hydrogens (tertiary/aromatic N) is 1. The lowest BCUT2D eigenvalue weighted by atomic mass is 10.1. The fourth-order valence-corrected chi connectivity index (χ4v) is 2.71. The third-order valence-corrected chi connectivity index (χ3v) is 3.89. The van der Waals surface area contributed by atoms with Crippen molar-refractivity contribution in [1.82, 2.24) is 9.88 Å². The second-order valence-electron chi connectivity index (χ2n) is 5.67. The summed E-state index contributed by atoms with van der Waals surface area (Å²) in [7, 11) is 1.97. The molecule has 24 heavy (non-hydrogen) atoms. The maximum atomic E-state index is 11.8. The van der Waals surface area contributed by atoms with E-state index in [1.165, 1.54) is 0 Å². The van der Waals surface area contributed by atoms with E-state index in [2.05, 4.69) is 5.32 Å². The molecule has 0 spiro atoms. The zero-order chi connectivity index (χ0) is 16.9. The predicted octanol–water partition coefficient (Wildman–Crippen LogP) is 2.62. The van der Waals surface area contributed by atoms with E-state index in [0.717, 1.165) is 16.5 Å². The largest absolute Gasteiger partial charge is 0.508 e. The molecule has 5 nitrogen and oxygen atoms in total. The topological polar surface area (TPSA) is 63.5 Å². The van der Waals surface area contributed by atoms with Crippen LogP contribution in [0, 0.1) is 0 Å². The Morgan fingerprint density at radius 1 is 1.21 bits per heavy atom. The van der Waals surface area contributed by atoms with Crippen LogP contribution in [0.1, 0.15) is 5.56 Å². The van der Waals surface area contributed by atoms with Crippen LogP contribution in [0.2, 0.25) is 0 Å². The highest BCUT2D eigenvalue weighted by atomic mass is 16.5. The van der Waals surface area contributed by atoms with E-state index < -0.39 is 0 Å². The molecular formula is C19H20N2O3. The van der Waals surface area contributed by atoms with Crippen molar-refractivity contribution in [2.24, 2.45) is 7.05 Å². The van der Waals surface area contributed by atoms with Gasteiger partial charge in [0.2, 0.25) is 0 Å². The molecule has 0 bridgehead atoms. The maximum absolute atomic E-state index is 11.8. The molecule has 0 fully saturated rings. The standard InChI is InChI=1S/C19H20N2O3/c1-21-12-14(17-11-15(22)7-8-18(17)21)9-10-20-19(23)13-24-16-5-3-2-4-6-16/h2-8,11-12,22H,9-10,13H2,1H3,(H,20,23). The minimum atomic E-state index is -0.151. The summed E-state index contributed by atoms with van der Waals surface area (Å²) in [4.78, 5) is 11.8. The average Bonchev–Trinajstić information content (AvgIpc) is 2.89. The molecule has 3 aromatic rings. The van der Waals surface area contributed by atoms with Crippen molar-refractivity contribution in [2.75, 3.05) is 13.2 Å². The molecule has 2 N–H and O–H groups in total. The minimum Gasteiger partial charge on any atom is -0.508 e. The van der Waals surface area contributed by atoms with Gasteiger partial charge in [0, 0.05) is 30.7 Å². The summed E-state index contributed by atoms with van der Waals surface area (Å²) in [6.45, 7) is 0.520. The molecule has 1 amide bonds. The van der Waals surface area contributed by atoms with E-state index in [1.54, 1.807) is 12.1 Å². The van der Waals surface area contributed by atoms with Crippen LogP contribution < -0.4 is 10.1 Å². The number of phenolic OH excluding ortho intramolecular Hbond substituents is 1. The quantitative estimate of drug-likeness (QED) is 0.733. The van der Waals surface area contributed by atoms with Crippen LogP contribution >= 0.6 is 0 Å². The van der Waals surface area contributed by atoms with Gasteiger partial charge in [-0.25, -0.2) is 0 Å². The molecule has 0 radical (unpaired) electrons. The van der Waals surface area contributed by atoms with Gasteiger partial charge >= 0.3 is 0 Å².